The number of aromatic nitrogens is 1. The van der Waals surface area contributed by atoms with E-state index in [-0.39, 0.29) is 6.04 Å². The van der Waals surface area contributed by atoms with E-state index in [0.717, 1.165) is 37.7 Å². The maximum Gasteiger partial charge on any atom is 0.132 e. The van der Waals surface area contributed by atoms with Crippen molar-refractivity contribution >= 4 is 5.82 Å². The summed E-state index contributed by atoms with van der Waals surface area (Å²) < 4.78 is 5.29. The van der Waals surface area contributed by atoms with Crippen molar-refractivity contribution in [2.75, 3.05) is 25.2 Å². The van der Waals surface area contributed by atoms with Gasteiger partial charge in [0.1, 0.15) is 5.82 Å². The molecule has 2 atom stereocenters. The summed E-state index contributed by atoms with van der Waals surface area (Å²) in [5.74, 6) is 1.90. The van der Waals surface area contributed by atoms with Crippen LogP contribution in [0.4, 0.5) is 5.82 Å². The zero-order valence-corrected chi connectivity index (χ0v) is 13.6. The van der Waals surface area contributed by atoms with Crippen LogP contribution in [0.15, 0.2) is 18.3 Å². The summed E-state index contributed by atoms with van der Waals surface area (Å²) in [4.78, 5) is 7.08. The minimum atomic E-state index is 0.202. The second kappa shape index (κ2) is 7.76. The van der Waals surface area contributed by atoms with Gasteiger partial charge in [-0.25, -0.2) is 4.98 Å². The highest BCUT2D eigenvalue weighted by atomic mass is 16.5. The SMILES string of the molecule is CCC(N)Cc1cccnc1N(CCOC)C(C)C1CC1. The van der Waals surface area contributed by atoms with E-state index in [0.29, 0.717) is 6.04 Å². The fourth-order valence-corrected chi connectivity index (χ4v) is 2.80. The maximum absolute atomic E-state index is 6.15. The first-order chi connectivity index (χ1) is 10.2. The molecule has 118 valence electrons. The molecule has 2 unspecified atom stereocenters. The van der Waals surface area contributed by atoms with Crippen LogP contribution in [0.1, 0.15) is 38.7 Å². The highest BCUT2D eigenvalue weighted by molar-refractivity contribution is 5.48. The van der Waals surface area contributed by atoms with Crippen molar-refractivity contribution in [3.8, 4) is 0 Å². The molecular formula is C17H29N3O. The Labute approximate surface area is 128 Å². The van der Waals surface area contributed by atoms with Crippen LogP contribution in [0.25, 0.3) is 0 Å². The largest absolute Gasteiger partial charge is 0.383 e. The lowest BCUT2D eigenvalue weighted by Crippen LogP contribution is -2.39. The molecule has 2 rings (SSSR count). The smallest absolute Gasteiger partial charge is 0.132 e. The summed E-state index contributed by atoms with van der Waals surface area (Å²) >= 11 is 0. The Morgan fingerprint density at radius 1 is 1.48 bits per heavy atom. The summed E-state index contributed by atoms with van der Waals surface area (Å²) in [6, 6.07) is 4.90. The molecule has 0 spiro atoms. The molecule has 0 radical (unpaired) electrons. The quantitative estimate of drug-likeness (QED) is 0.760. The number of methoxy groups -OCH3 is 1. The minimum Gasteiger partial charge on any atom is -0.383 e. The van der Waals surface area contributed by atoms with Crippen LogP contribution in [0.3, 0.4) is 0 Å². The monoisotopic (exact) mass is 291 g/mol. The van der Waals surface area contributed by atoms with E-state index in [2.05, 4.69) is 29.8 Å². The van der Waals surface area contributed by atoms with Crippen LogP contribution < -0.4 is 10.6 Å². The molecule has 2 N–H and O–H groups in total. The second-order valence-electron chi connectivity index (χ2n) is 6.12. The minimum absolute atomic E-state index is 0.202. The summed E-state index contributed by atoms with van der Waals surface area (Å²) in [5.41, 5.74) is 7.41. The van der Waals surface area contributed by atoms with Gasteiger partial charge in [-0.3, -0.25) is 0 Å². The zero-order valence-electron chi connectivity index (χ0n) is 13.6. The van der Waals surface area contributed by atoms with Crippen molar-refractivity contribution in [1.29, 1.82) is 0 Å². The molecule has 1 aliphatic carbocycles. The van der Waals surface area contributed by atoms with Crippen molar-refractivity contribution in [3.05, 3.63) is 23.9 Å². The maximum atomic E-state index is 6.15. The number of hydrogen-bond acceptors (Lipinski definition) is 4. The van der Waals surface area contributed by atoms with Gasteiger partial charge < -0.3 is 15.4 Å². The first-order valence-corrected chi connectivity index (χ1v) is 8.12. The molecule has 1 heterocycles. The second-order valence-corrected chi connectivity index (χ2v) is 6.12. The number of rotatable bonds is 9. The summed E-state index contributed by atoms with van der Waals surface area (Å²) in [6.07, 6.45) is 6.43. The number of nitrogens with two attached hydrogens (primary N) is 1. The molecule has 0 aliphatic heterocycles. The van der Waals surface area contributed by atoms with Crippen LogP contribution in [-0.2, 0) is 11.2 Å². The molecule has 1 saturated carbocycles. The van der Waals surface area contributed by atoms with Crippen molar-refractivity contribution in [1.82, 2.24) is 4.98 Å². The molecule has 0 aromatic carbocycles. The lowest BCUT2D eigenvalue weighted by Gasteiger charge is -2.32. The van der Waals surface area contributed by atoms with Crippen LogP contribution in [0.5, 0.6) is 0 Å². The average molecular weight is 291 g/mol. The summed E-state index contributed by atoms with van der Waals surface area (Å²) in [6.45, 7) is 6.06. The molecule has 0 saturated heterocycles. The van der Waals surface area contributed by atoms with Crippen molar-refractivity contribution < 1.29 is 4.74 Å². The van der Waals surface area contributed by atoms with Crippen molar-refractivity contribution in [2.24, 2.45) is 11.7 Å². The highest BCUT2D eigenvalue weighted by Crippen LogP contribution is 2.37. The number of nitrogens with zero attached hydrogens (tertiary/aromatic N) is 2. The Bertz CT molecular complexity index is 434. The Morgan fingerprint density at radius 3 is 2.86 bits per heavy atom. The molecule has 4 nitrogen and oxygen atoms in total. The van der Waals surface area contributed by atoms with Crippen LogP contribution in [0.2, 0.25) is 0 Å². The molecule has 1 aliphatic rings. The molecule has 21 heavy (non-hydrogen) atoms. The Kier molecular flexibility index (Phi) is 6.00. The Morgan fingerprint density at radius 2 is 2.24 bits per heavy atom. The first-order valence-electron chi connectivity index (χ1n) is 8.12. The third-order valence-electron chi connectivity index (χ3n) is 4.48. The fraction of sp³-hybridized carbons (Fsp3) is 0.706. The van der Waals surface area contributed by atoms with Gasteiger partial charge in [0, 0.05) is 31.9 Å². The van der Waals surface area contributed by atoms with Gasteiger partial charge in [0.05, 0.1) is 6.61 Å². The van der Waals surface area contributed by atoms with E-state index >= 15 is 0 Å². The van der Waals surface area contributed by atoms with E-state index in [1.807, 2.05) is 12.3 Å². The predicted molar refractivity (Wildman–Crippen MR) is 87.6 cm³/mol. The molecular weight excluding hydrogens is 262 g/mol. The number of hydrogen-bond donors (Lipinski definition) is 1. The van der Waals surface area contributed by atoms with Gasteiger partial charge in [0.25, 0.3) is 0 Å². The number of ether oxygens (including phenoxy) is 1. The van der Waals surface area contributed by atoms with E-state index < -0.39 is 0 Å². The summed E-state index contributed by atoms with van der Waals surface area (Å²) in [7, 11) is 1.76. The predicted octanol–water partition coefficient (Wildman–Crippen LogP) is 2.61. The lowest BCUT2D eigenvalue weighted by atomic mass is 10.0. The normalized spacial score (nSPS) is 17.5. The van der Waals surface area contributed by atoms with Gasteiger partial charge in [-0.1, -0.05) is 13.0 Å². The lowest BCUT2D eigenvalue weighted by molar-refractivity contribution is 0.202. The van der Waals surface area contributed by atoms with Gasteiger partial charge in [0.15, 0.2) is 0 Å². The first kappa shape index (κ1) is 16.2. The molecule has 4 heteroatoms. The number of anilines is 1. The molecule has 1 aromatic heterocycles. The van der Waals surface area contributed by atoms with Crippen LogP contribution in [0, 0.1) is 5.92 Å². The average Bonchev–Trinajstić information content (AvgIpc) is 3.33. The molecule has 1 aromatic rings. The molecule has 0 bridgehead atoms. The van der Waals surface area contributed by atoms with Crippen LogP contribution >= 0.6 is 0 Å². The van der Waals surface area contributed by atoms with Gasteiger partial charge in [0.2, 0.25) is 0 Å². The summed E-state index contributed by atoms with van der Waals surface area (Å²) in [5, 5.41) is 0. The van der Waals surface area contributed by atoms with Crippen molar-refractivity contribution in [2.45, 2.75) is 51.6 Å². The van der Waals surface area contributed by atoms with Crippen molar-refractivity contribution in [3.63, 3.8) is 0 Å². The van der Waals surface area contributed by atoms with E-state index in [1.54, 1.807) is 7.11 Å². The van der Waals surface area contributed by atoms with Gasteiger partial charge in [-0.05, 0) is 50.2 Å². The van der Waals surface area contributed by atoms with Gasteiger partial charge in [-0.2, -0.15) is 0 Å². The van der Waals surface area contributed by atoms with Crippen LogP contribution in [-0.4, -0.2) is 37.3 Å². The molecule has 1 fully saturated rings. The highest BCUT2D eigenvalue weighted by Gasteiger charge is 2.33. The third kappa shape index (κ3) is 4.42. The standard InChI is InChI=1S/C17H29N3O/c1-4-16(18)12-15-6-5-9-19-17(15)20(10-11-21-3)13(2)14-7-8-14/h5-6,9,13-14,16H,4,7-8,10-12,18H2,1-3H3. The Balaban J connectivity index is 2.21. The van der Waals surface area contributed by atoms with E-state index in [1.165, 1.54) is 18.4 Å². The zero-order chi connectivity index (χ0) is 15.2. The third-order valence-corrected chi connectivity index (χ3v) is 4.48. The van der Waals surface area contributed by atoms with Gasteiger partial charge in [-0.15, -0.1) is 0 Å². The molecule has 0 amide bonds. The van der Waals surface area contributed by atoms with E-state index in [4.69, 9.17) is 10.5 Å². The van der Waals surface area contributed by atoms with Gasteiger partial charge >= 0.3 is 0 Å². The number of pyridine rings is 1. The fourth-order valence-electron chi connectivity index (χ4n) is 2.80. The van der Waals surface area contributed by atoms with E-state index in [9.17, 15) is 0 Å². The topological polar surface area (TPSA) is 51.4 Å². The Hall–Kier alpha value is -1.13.